The quantitative estimate of drug-likeness (QED) is 0.694. The zero-order valence-electron chi connectivity index (χ0n) is 8.42. The fraction of sp³-hybridized carbons (Fsp3) is 0.364. The van der Waals surface area contributed by atoms with Crippen molar-refractivity contribution in [2.45, 2.75) is 19.9 Å². The van der Waals surface area contributed by atoms with Gasteiger partial charge >= 0.3 is 6.03 Å². The molecule has 1 aliphatic heterocycles. The maximum atomic E-state index is 11.0. The highest BCUT2D eigenvalue weighted by Gasteiger charge is 2.21. The summed E-state index contributed by atoms with van der Waals surface area (Å²) in [5.41, 5.74) is 3.66. The van der Waals surface area contributed by atoms with Crippen LogP contribution in [-0.4, -0.2) is 12.6 Å². The Morgan fingerprint density at radius 2 is 1.86 bits per heavy atom. The van der Waals surface area contributed by atoms with Gasteiger partial charge in [-0.05, 0) is 19.4 Å². The summed E-state index contributed by atoms with van der Waals surface area (Å²) in [5.74, 6) is 0. The zero-order valence-corrected chi connectivity index (χ0v) is 8.42. The Hall–Kier alpha value is -1.51. The fourth-order valence-electron chi connectivity index (χ4n) is 1.87. The van der Waals surface area contributed by atoms with E-state index < -0.39 is 0 Å². The molecule has 1 heterocycles. The van der Waals surface area contributed by atoms with Crippen LogP contribution in [0.4, 0.5) is 4.79 Å². The molecule has 3 nitrogen and oxygen atoms in total. The highest BCUT2D eigenvalue weighted by Crippen LogP contribution is 2.18. The van der Waals surface area contributed by atoms with E-state index in [1.54, 1.807) is 0 Å². The standard InChI is InChI=1S/C11H14N2O/c1-7-3-8(2)5-9(4-7)10-6-12-11(14)13-10/h3-5,10H,6H2,1-2H3,(H2,12,13,14)/t10-/m0/s1. The first-order valence-corrected chi connectivity index (χ1v) is 4.78. The molecular weight excluding hydrogens is 176 g/mol. The molecule has 1 fully saturated rings. The zero-order chi connectivity index (χ0) is 10.1. The van der Waals surface area contributed by atoms with Crippen molar-refractivity contribution in [3.8, 4) is 0 Å². The number of hydrogen-bond acceptors (Lipinski definition) is 1. The number of aryl methyl sites for hydroxylation is 2. The minimum atomic E-state index is -0.0749. The molecule has 0 bridgehead atoms. The van der Waals surface area contributed by atoms with Crippen molar-refractivity contribution in [2.75, 3.05) is 6.54 Å². The van der Waals surface area contributed by atoms with Crippen LogP contribution in [0.3, 0.4) is 0 Å². The Labute approximate surface area is 83.5 Å². The molecule has 1 aromatic rings. The van der Waals surface area contributed by atoms with Gasteiger partial charge in [0.15, 0.2) is 0 Å². The first kappa shape index (κ1) is 9.06. The minimum Gasteiger partial charge on any atom is -0.336 e. The molecule has 1 aromatic carbocycles. The van der Waals surface area contributed by atoms with Gasteiger partial charge in [-0.1, -0.05) is 29.3 Å². The number of rotatable bonds is 1. The van der Waals surface area contributed by atoms with Gasteiger partial charge in [0.1, 0.15) is 0 Å². The predicted octanol–water partition coefficient (Wildman–Crippen LogP) is 1.66. The average Bonchev–Trinajstić information content (AvgIpc) is 2.50. The predicted molar refractivity (Wildman–Crippen MR) is 55.2 cm³/mol. The summed E-state index contributed by atoms with van der Waals surface area (Å²) in [4.78, 5) is 11.0. The first-order valence-electron chi connectivity index (χ1n) is 4.78. The highest BCUT2D eigenvalue weighted by molar-refractivity contribution is 5.76. The minimum absolute atomic E-state index is 0.0749. The van der Waals surface area contributed by atoms with Gasteiger partial charge in [-0.2, -0.15) is 0 Å². The van der Waals surface area contributed by atoms with Gasteiger partial charge in [-0.15, -0.1) is 0 Å². The Morgan fingerprint density at radius 1 is 1.21 bits per heavy atom. The van der Waals surface area contributed by atoms with E-state index in [9.17, 15) is 4.79 Å². The molecule has 14 heavy (non-hydrogen) atoms. The summed E-state index contributed by atoms with van der Waals surface area (Å²) in [6, 6.07) is 6.42. The van der Waals surface area contributed by atoms with E-state index in [1.165, 1.54) is 16.7 Å². The summed E-state index contributed by atoms with van der Waals surface area (Å²) in [6.45, 7) is 4.82. The topological polar surface area (TPSA) is 41.1 Å². The fourth-order valence-corrected chi connectivity index (χ4v) is 1.87. The van der Waals surface area contributed by atoms with Crippen molar-refractivity contribution in [2.24, 2.45) is 0 Å². The second kappa shape index (κ2) is 3.33. The summed E-state index contributed by atoms with van der Waals surface area (Å²) in [5, 5.41) is 5.63. The third-order valence-electron chi connectivity index (χ3n) is 2.42. The number of hydrogen-bond donors (Lipinski definition) is 2. The lowest BCUT2D eigenvalue weighted by Gasteiger charge is -2.10. The molecule has 2 rings (SSSR count). The molecule has 2 amide bonds. The van der Waals surface area contributed by atoms with Gasteiger partial charge in [0, 0.05) is 6.54 Å². The van der Waals surface area contributed by atoms with Crippen LogP contribution in [0.1, 0.15) is 22.7 Å². The molecule has 3 heteroatoms. The lowest BCUT2D eigenvalue weighted by Crippen LogP contribution is -2.21. The number of urea groups is 1. The largest absolute Gasteiger partial charge is 0.336 e. The molecule has 0 saturated carbocycles. The summed E-state index contributed by atoms with van der Waals surface area (Å²) in [7, 11) is 0. The van der Waals surface area contributed by atoms with Gasteiger partial charge in [0.05, 0.1) is 6.04 Å². The Balaban J connectivity index is 2.27. The van der Waals surface area contributed by atoms with E-state index in [1.807, 2.05) is 0 Å². The molecule has 1 atom stereocenters. The number of carbonyl (C=O) groups is 1. The smallest absolute Gasteiger partial charge is 0.315 e. The average molecular weight is 190 g/mol. The molecular formula is C11H14N2O. The molecule has 0 aliphatic carbocycles. The van der Waals surface area contributed by atoms with Crippen LogP contribution in [0.15, 0.2) is 18.2 Å². The van der Waals surface area contributed by atoms with Crippen molar-refractivity contribution in [3.05, 3.63) is 34.9 Å². The van der Waals surface area contributed by atoms with Crippen LogP contribution < -0.4 is 10.6 Å². The molecule has 0 spiro atoms. The first-order chi connectivity index (χ1) is 6.65. The van der Waals surface area contributed by atoms with Gasteiger partial charge in [-0.25, -0.2) is 4.79 Å². The van der Waals surface area contributed by atoms with Crippen molar-refractivity contribution < 1.29 is 4.79 Å². The normalized spacial score (nSPS) is 20.4. The van der Waals surface area contributed by atoms with Gasteiger partial charge in [0.25, 0.3) is 0 Å². The Bertz CT molecular complexity index is 353. The molecule has 0 radical (unpaired) electrons. The number of carbonyl (C=O) groups excluding carboxylic acids is 1. The molecule has 1 aliphatic rings. The molecule has 0 unspecified atom stereocenters. The van der Waals surface area contributed by atoms with Gasteiger partial charge in [-0.3, -0.25) is 0 Å². The summed E-state index contributed by atoms with van der Waals surface area (Å²) >= 11 is 0. The molecule has 0 aromatic heterocycles. The highest BCUT2D eigenvalue weighted by atomic mass is 16.2. The lowest BCUT2D eigenvalue weighted by molar-refractivity contribution is 0.247. The van der Waals surface area contributed by atoms with Crippen LogP contribution >= 0.6 is 0 Å². The van der Waals surface area contributed by atoms with E-state index in [-0.39, 0.29) is 12.1 Å². The third kappa shape index (κ3) is 1.71. The molecule has 2 N–H and O–H groups in total. The maximum absolute atomic E-state index is 11.0. The molecule has 74 valence electrons. The van der Waals surface area contributed by atoms with Crippen molar-refractivity contribution >= 4 is 6.03 Å². The summed E-state index contributed by atoms with van der Waals surface area (Å²) in [6.07, 6.45) is 0. The van der Waals surface area contributed by atoms with E-state index in [0.29, 0.717) is 6.54 Å². The van der Waals surface area contributed by atoms with Crippen molar-refractivity contribution in [1.29, 1.82) is 0 Å². The van der Waals surface area contributed by atoms with Crippen LogP contribution in [0.5, 0.6) is 0 Å². The second-order valence-corrected chi connectivity index (χ2v) is 3.83. The maximum Gasteiger partial charge on any atom is 0.315 e. The van der Waals surface area contributed by atoms with Crippen LogP contribution in [0.2, 0.25) is 0 Å². The van der Waals surface area contributed by atoms with Crippen molar-refractivity contribution in [1.82, 2.24) is 10.6 Å². The number of nitrogens with one attached hydrogen (secondary N) is 2. The second-order valence-electron chi connectivity index (χ2n) is 3.83. The third-order valence-corrected chi connectivity index (χ3v) is 2.42. The van der Waals surface area contributed by atoms with Crippen LogP contribution in [0.25, 0.3) is 0 Å². The number of benzene rings is 1. The van der Waals surface area contributed by atoms with Gasteiger partial charge in [0.2, 0.25) is 0 Å². The SMILES string of the molecule is Cc1cc(C)cc([C@@H]2CNC(=O)N2)c1. The number of amides is 2. The van der Waals surface area contributed by atoms with E-state index in [4.69, 9.17) is 0 Å². The van der Waals surface area contributed by atoms with Gasteiger partial charge < -0.3 is 10.6 Å². The van der Waals surface area contributed by atoms with E-state index in [2.05, 4.69) is 42.7 Å². The lowest BCUT2D eigenvalue weighted by atomic mass is 10.0. The van der Waals surface area contributed by atoms with E-state index in [0.717, 1.165) is 0 Å². The van der Waals surface area contributed by atoms with Crippen LogP contribution in [0, 0.1) is 13.8 Å². The van der Waals surface area contributed by atoms with Crippen molar-refractivity contribution in [3.63, 3.8) is 0 Å². The molecule has 1 saturated heterocycles. The van der Waals surface area contributed by atoms with Crippen LogP contribution in [-0.2, 0) is 0 Å². The Morgan fingerprint density at radius 3 is 2.36 bits per heavy atom. The summed E-state index contributed by atoms with van der Waals surface area (Å²) < 4.78 is 0. The monoisotopic (exact) mass is 190 g/mol. The Kier molecular flexibility index (Phi) is 2.15. The van der Waals surface area contributed by atoms with E-state index >= 15 is 0 Å².